The van der Waals surface area contributed by atoms with Crippen LogP contribution in [0.15, 0.2) is 84.9 Å². The molecule has 5 heteroatoms. The zero-order valence-electron chi connectivity index (χ0n) is 27.3. The summed E-state index contributed by atoms with van der Waals surface area (Å²) in [7, 11) is 0. The van der Waals surface area contributed by atoms with Crippen LogP contribution < -0.4 is 0 Å². The van der Waals surface area contributed by atoms with Gasteiger partial charge in [-0.3, -0.25) is 0 Å². The molecule has 0 radical (unpaired) electrons. The van der Waals surface area contributed by atoms with Crippen LogP contribution in [0.2, 0.25) is 0 Å². The van der Waals surface area contributed by atoms with Gasteiger partial charge in [0.1, 0.15) is 28.7 Å². The van der Waals surface area contributed by atoms with Gasteiger partial charge in [0.25, 0.3) is 0 Å². The minimum absolute atomic E-state index is 0.211. The van der Waals surface area contributed by atoms with Crippen LogP contribution >= 0.6 is 0 Å². The Morgan fingerprint density at radius 2 is 0.851 bits per heavy atom. The highest BCUT2D eigenvalue weighted by Gasteiger charge is 2.22. The Kier molecular flexibility index (Phi) is 9.44. The minimum atomic E-state index is 0.211. The van der Waals surface area contributed by atoms with Crippen molar-refractivity contribution in [2.24, 2.45) is 0 Å². The highest BCUT2D eigenvalue weighted by atomic mass is 16.3. The standard InChI is InChI=1S/C42H44O5/c1-26-16-30(21-34(40(26)45)19-28-8-12-37(43)13-9-28)18-32-24-36(42(47)39(25-32)33-6-4-3-5-7-33)23-31-17-27(2)41(46)35(22-31)20-29-10-14-38(44)15-11-29/h8-17,21-22,24-25,33,43-47H,3-7,18-20,23H2,1-2H3. The highest BCUT2D eigenvalue weighted by molar-refractivity contribution is 5.53. The Morgan fingerprint density at radius 1 is 0.447 bits per heavy atom. The fraction of sp³-hybridized carbons (Fsp3) is 0.286. The summed E-state index contributed by atoms with van der Waals surface area (Å²) in [4.78, 5) is 0. The minimum Gasteiger partial charge on any atom is -0.508 e. The van der Waals surface area contributed by atoms with E-state index in [9.17, 15) is 25.5 Å². The predicted octanol–water partition coefficient (Wildman–Crippen LogP) is 9.24. The van der Waals surface area contributed by atoms with Crippen LogP contribution in [0.4, 0.5) is 0 Å². The van der Waals surface area contributed by atoms with E-state index < -0.39 is 0 Å². The van der Waals surface area contributed by atoms with Gasteiger partial charge in [-0.25, -0.2) is 0 Å². The van der Waals surface area contributed by atoms with Crippen molar-refractivity contribution in [3.63, 3.8) is 0 Å². The number of benzene rings is 5. The molecule has 0 bridgehead atoms. The van der Waals surface area contributed by atoms with Gasteiger partial charge < -0.3 is 25.5 Å². The van der Waals surface area contributed by atoms with Crippen molar-refractivity contribution < 1.29 is 25.5 Å². The van der Waals surface area contributed by atoms with Gasteiger partial charge in [-0.1, -0.05) is 79.9 Å². The molecular formula is C42H44O5. The fourth-order valence-corrected chi connectivity index (χ4v) is 7.21. The Bertz CT molecular complexity index is 1870. The molecule has 1 aliphatic rings. The molecule has 0 heterocycles. The van der Waals surface area contributed by atoms with Crippen LogP contribution in [-0.4, -0.2) is 25.5 Å². The third kappa shape index (κ3) is 7.57. The summed E-state index contributed by atoms with van der Waals surface area (Å²) in [5.41, 5.74) is 10.4. The lowest BCUT2D eigenvalue weighted by atomic mass is 9.81. The molecule has 0 unspecified atom stereocenters. The Labute approximate surface area is 277 Å². The summed E-state index contributed by atoms with van der Waals surface area (Å²) in [6.45, 7) is 3.84. The van der Waals surface area contributed by atoms with Gasteiger partial charge in [0.2, 0.25) is 0 Å². The maximum absolute atomic E-state index is 11.7. The molecule has 47 heavy (non-hydrogen) atoms. The number of aryl methyl sites for hydroxylation is 2. The zero-order valence-corrected chi connectivity index (χ0v) is 27.3. The monoisotopic (exact) mass is 628 g/mol. The molecule has 1 aliphatic carbocycles. The third-order valence-electron chi connectivity index (χ3n) is 9.67. The maximum atomic E-state index is 11.7. The fourth-order valence-electron chi connectivity index (χ4n) is 7.21. The first kappa shape index (κ1) is 32.1. The second-order valence-electron chi connectivity index (χ2n) is 13.4. The van der Waals surface area contributed by atoms with Gasteiger partial charge in [0.15, 0.2) is 0 Å². The lowest BCUT2D eigenvalue weighted by Gasteiger charge is -2.25. The van der Waals surface area contributed by atoms with E-state index in [1.54, 1.807) is 24.3 Å². The number of hydrogen-bond donors (Lipinski definition) is 5. The van der Waals surface area contributed by atoms with Gasteiger partial charge in [-0.15, -0.1) is 0 Å². The molecule has 0 spiro atoms. The van der Waals surface area contributed by atoms with Crippen molar-refractivity contribution in [1.82, 2.24) is 0 Å². The van der Waals surface area contributed by atoms with Crippen molar-refractivity contribution >= 4 is 0 Å². The van der Waals surface area contributed by atoms with E-state index >= 15 is 0 Å². The SMILES string of the molecule is Cc1cc(Cc2cc(Cc3cc(C)c(O)c(Cc4ccc(O)cc4)c3)c(O)c(C3CCCCC3)c2)cc(Cc2ccc(O)cc2)c1O. The van der Waals surface area contributed by atoms with Crippen molar-refractivity contribution in [3.8, 4) is 28.7 Å². The molecule has 0 aromatic heterocycles. The molecule has 5 N–H and O–H groups in total. The molecule has 5 aromatic carbocycles. The second kappa shape index (κ2) is 13.8. The van der Waals surface area contributed by atoms with Crippen LogP contribution in [0.25, 0.3) is 0 Å². The summed E-state index contributed by atoms with van der Waals surface area (Å²) in [6, 6.07) is 26.6. The lowest BCUT2D eigenvalue weighted by molar-refractivity contribution is 0.411. The van der Waals surface area contributed by atoms with Crippen LogP contribution in [-0.2, 0) is 25.7 Å². The van der Waals surface area contributed by atoms with Crippen molar-refractivity contribution in [2.75, 3.05) is 0 Å². The number of hydrogen-bond acceptors (Lipinski definition) is 5. The average molecular weight is 629 g/mol. The van der Waals surface area contributed by atoms with Gasteiger partial charge in [-0.2, -0.15) is 0 Å². The van der Waals surface area contributed by atoms with Gasteiger partial charge in [-0.05, 0) is 124 Å². The lowest BCUT2D eigenvalue weighted by Crippen LogP contribution is -2.07. The van der Waals surface area contributed by atoms with E-state index in [0.29, 0.717) is 43.1 Å². The third-order valence-corrected chi connectivity index (χ3v) is 9.67. The summed E-state index contributed by atoms with van der Waals surface area (Å²) < 4.78 is 0. The first-order chi connectivity index (χ1) is 22.6. The smallest absolute Gasteiger partial charge is 0.122 e. The molecule has 5 aromatic rings. The Hall–Kier alpha value is -4.90. The number of phenolic OH excluding ortho intramolecular Hbond substituents is 5. The van der Waals surface area contributed by atoms with Crippen LogP contribution in [0.5, 0.6) is 28.7 Å². The van der Waals surface area contributed by atoms with Gasteiger partial charge in [0, 0.05) is 19.3 Å². The van der Waals surface area contributed by atoms with E-state index in [2.05, 4.69) is 18.2 Å². The molecule has 6 rings (SSSR count). The predicted molar refractivity (Wildman–Crippen MR) is 187 cm³/mol. The van der Waals surface area contributed by atoms with Crippen LogP contribution in [0.3, 0.4) is 0 Å². The Balaban J connectivity index is 1.34. The molecule has 0 atom stereocenters. The molecule has 0 amide bonds. The highest BCUT2D eigenvalue weighted by Crippen LogP contribution is 2.41. The topological polar surface area (TPSA) is 101 Å². The Morgan fingerprint density at radius 3 is 1.34 bits per heavy atom. The van der Waals surface area contributed by atoms with E-state index in [0.717, 1.165) is 74.0 Å². The average Bonchev–Trinajstić information content (AvgIpc) is 3.06. The number of aromatic hydroxyl groups is 5. The van der Waals surface area contributed by atoms with E-state index in [1.165, 1.54) is 19.3 Å². The summed E-state index contributed by atoms with van der Waals surface area (Å²) in [6.07, 6.45) is 7.99. The second-order valence-corrected chi connectivity index (χ2v) is 13.4. The van der Waals surface area contributed by atoms with Crippen molar-refractivity contribution in [1.29, 1.82) is 0 Å². The molecule has 5 nitrogen and oxygen atoms in total. The first-order valence-electron chi connectivity index (χ1n) is 16.7. The number of phenols is 5. The maximum Gasteiger partial charge on any atom is 0.122 e. The molecule has 1 saturated carbocycles. The quantitative estimate of drug-likeness (QED) is 0.112. The normalized spacial score (nSPS) is 13.6. The molecular weight excluding hydrogens is 584 g/mol. The molecule has 0 saturated heterocycles. The number of rotatable bonds is 9. The van der Waals surface area contributed by atoms with Crippen LogP contribution in [0, 0.1) is 13.8 Å². The summed E-state index contributed by atoms with van der Waals surface area (Å²) in [5, 5.41) is 53.0. The zero-order chi connectivity index (χ0) is 33.1. The molecule has 242 valence electrons. The van der Waals surface area contributed by atoms with Gasteiger partial charge in [0.05, 0.1) is 0 Å². The molecule has 1 fully saturated rings. The van der Waals surface area contributed by atoms with Crippen molar-refractivity contribution in [3.05, 3.63) is 146 Å². The van der Waals surface area contributed by atoms with Gasteiger partial charge >= 0.3 is 0 Å². The summed E-state index contributed by atoms with van der Waals surface area (Å²) >= 11 is 0. The van der Waals surface area contributed by atoms with E-state index in [4.69, 9.17) is 0 Å². The largest absolute Gasteiger partial charge is 0.508 e. The van der Waals surface area contributed by atoms with E-state index in [1.807, 2.05) is 56.3 Å². The van der Waals surface area contributed by atoms with Crippen molar-refractivity contribution in [2.45, 2.75) is 77.6 Å². The van der Waals surface area contributed by atoms with Crippen LogP contribution in [0.1, 0.15) is 99.2 Å². The molecule has 0 aliphatic heterocycles. The summed E-state index contributed by atoms with van der Waals surface area (Å²) in [5.74, 6) is 1.69. The van der Waals surface area contributed by atoms with E-state index in [-0.39, 0.29) is 17.2 Å². The first-order valence-corrected chi connectivity index (χ1v) is 16.7.